The number of fused-ring (bicyclic) bond motifs is 1. The molecule has 2 fully saturated rings. The highest BCUT2D eigenvalue weighted by molar-refractivity contribution is 6.05. The van der Waals surface area contributed by atoms with Gasteiger partial charge in [0, 0.05) is 5.69 Å². The molecule has 4 nitrogen and oxygen atoms in total. The zero-order chi connectivity index (χ0) is 14.1. The fourth-order valence-electron chi connectivity index (χ4n) is 3.32. The fraction of sp³-hybridized carbons (Fsp3) is 0.500. The van der Waals surface area contributed by atoms with E-state index in [1.165, 1.54) is 4.90 Å². The second-order valence-electron chi connectivity index (χ2n) is 5.75. The van der Waals surface area contributed by atoms with Crippen molar-refractivity contribution in [3.8, 4) is 0 Å². The first-order valence-electron chi connectivity index (χ1n) is 7.33. The molecule has 0 aromatic heterocycles. The van der Waals surface area contributed by atoms with Crippen molar-refractivity contribution in [2.24, 2.45) is 11.8 Å². The number of anilines is 1. The summed E-state index contributed by atoms with van der Waals surface area (Å²) in [6.45, 7) is 2.30. The van der Waals surface area contributed by atoms with E-state index in [0.29, 0.717) is 0 Å². The number of amides is 2. The third-order valence-corrected chi connectivity index (χ3v) is 4.51. The Morgan fingerprint density at radius 2 is 1.70 bits per heavy atom. The van der Waals surface area contributed by atoms with Crippen molar-refractivity contribution in [1.82, 2.24) is 4.90 Å². The summed E-state index contributed by atoms with van der Waals surface area (Å²) in [7, 11) is 0. The Bertz CT molecular complexity index is 517. The Morgan fingerprint density at radius 3 is 2.30 bits per heavy atom. The maximum atomic E-state index is 12.3. The molecule has 1 aromatic carbocycles. The average Bonchev–Trinajstić information content (AvgIpc) is 2.71. The average molecular weight is 272 g/mol. The lowest BCUT2D eigenvalue weighted by Crippen LogP contribution is -2.35. The Balaban J connectivity index is 1.70. The van der Waals surface area contributed by atoms with E-state index in [1.54, 1.807) is 0 Å². The second kappa shape index (κ2) is 5.27. The summed E-state index contributed by atoms with van der Waals surface area (Å²) >= 11 is 0. The van der Waals surface area contributed by atoms with Crippen LogP contribution in [0.1, 0.15) is 31.2 Å². The van der Waals surface area contributed by atoms with Crippen molar-refractivity contribution in [3.63, 3.8) is 0 Å². The molecule has 0 spiro atoms. The Labute approximate surface area is 119 Å². The smallest absolute Gasteiger partial charge is 0.234 e. The van der Waals surface area contributed by atoms with Gasteiger partial charge in [-0.15, -0.1) is 0 Å². The summed E-state index contributed by atoms with van der Waals surface area (Å²) in [6.07, 6.45) is 3.88. The highest BCUT2D eigenvalue weighted by Crippen LogP contribution is 2.37. The number of aryl methyl sites for hydroxylation is 1. The number of hydrogen-bond acceptors (Lipinski definition) is 3. The van der Waals surface area contributed by atoms with Crippen molar-refractivity contribution >= 4 is 17.5 Å². The van der Waals surface area contributed by atoms with Gasteiger partial charge in [-0.25, -0.2) is 0 Å². The number of carbonyl (C=O) groups excluding carboxylic acids is 2. The molecular weight excluding hydrogens is 252 g/mol. The molecule has 0 radical (unpaired) electrons. The number of rotatable bonds is 3. The van der Waals surface area contributed by atoms with Gasteiger partial charge in [0.15, 0.2) is 0 Å². The van der Waals surface area contributed by atoms with Crippen LogP contribution in [0.25, 0.3) is 0 Å². The Kier molecular flexibility index (Phi) is 3.47. The number of carbonyl (C=O) groups is 2. The van der Waals surface area contributed by atoms with Crippen molar-refractivity contribution in [1.29, 1.82) is 0 Å². The van der Waals surface area contributed by atoms with Crippen LogP contribution < -0.4 is 5.32 Å². The maximum Gasteiger partial charge on any atom is 0.234 e. The van der Waals surface area contributed by atoms with Crippen LogP contribution in [0.15, 0.2) is 24.3 Å². The highest BCUT2D eigenvalue weighted by Gasteiger charge is 2.47. The minimum absolute atomic E-state index is 0.0146. The maximum absolute atomic E-state index is 12.3. The second-order valence-corrected chi connectivity index (χ2v) is 5.75. The summed E-state index contributed by atoms with van der Waals surface area (Å²) in [5.41, 5.74) is 2.09. The van der Waals surface area contributed by atoms with Gasteiger partial charge in [0.05, 0.1) is 18.5 Å². The van der Waals surface area contributed by atoms with Crippen LogP contribution in [0.4, 0.5) is 5.69 Å². The van der Waals surface area contributed by atoms with Crippen LogP contribution in [-0.2, 0) is 9.59 Å². The molecule has 2 aliphatic rings. The number of nitrogens with one attached hydrogen (secondary N) is 1. The van der Waals surface area contributed by atoms with Crippen molar-refractivity contribution < 1.29 is 9.59 Å². The van der Waals surface area contributed by atoms with Crippen molar-refractivity contribution in [2.45, 2.75) is 32.6 Å². The first kappa shape index (κ1) is 13.2. The molecule has 2 atom stereocenters. The molecule has 1 aliphatic carbocycles. The number of likely N-dealkylation sites (tertiary alicyclic amines) is 1. The van der Waals surface area contributed by atoms with E-state index in [2.05, 4.69) is 5.32 Å². The van der Waals surface area contributed by atoms with Gasteiger partial charge in [-0.3, -0.25) is 14.5 Å². The molecular formula is C16H20N2O2. The van der Waals surface area contributed by atoms with Crippen LogP contribution in [-0.4, -0.2) is 23.4 Å². The Morgan fingerprint density at radius 1 is 1.10 bits per heavy atom. The molecule has 20 heavy (non-hydrogen) atoms. The van der Waals surface area contributed by atoms with Gasteiger partial charge >= 0.3 is 0 Å². The van der Waals surface area contributed by atoms with E-state index in [1.807, 2.05) is 31.2 Å². The summed E-state index contributed by atoms with van der Waals surface area (Å²) in [4.78, 5) is 26.1. The number of imide groups is 1. The van der Waals surface area contributed by atoms with Gasteiger partial charge in [0.2, 0.25) is 11.8 Å². The minimum atomic E-state index is -0.0603. The lowest BCUT2D eigenvalue weighted by molar-refractivity contribution is -0.139. The van der Waals surface area contributed by atoms with E-state index in [0.717, 1.165) is 36.9 Å². The predicted octanol–water partition coefficient (Wildman–Crippen LogP) is 2.54. The van der Waals surface area contributed by atoms with E-state index < -0.39 is 0 Å². The molecule has 2 amide bonds. The molecule has 1 aliphatic heterocycles. The fourth-order valence-corrected chi connectivity index (χ4v) is 3.32. The first-order chi connectivity index (χ1) is 9.68. The SMILES string of the molecule is Cc1ccccc1NCN1C(=O)C2CCCCC2C1=O. The van der Waals surface area contributed by atoms with Crippen molar-refractivity contribution in [3.05, 3.63) is 29.8 Å². The van der Waals surface area contributed by atoms with Crippen LogP contribution in [0.5, 0.6) is 0 Å². The van der Waals surface area contributed by atoms with Crippen LogP contribution in [0.3, 0.4) is 0 Å². The molecule has 3 rings (SSSR count). The number of benzene rings is 1. The first-order valence-corrected chi connectivity index (χ1v) is 7.33. The minimum Gasteiger partial charge on any atom is -0.367 e. The molecule has 0 bridgehead atoms. The lowest BCUT2D eigenvalue weighted by Gasteiger charge is -2.19. The standard InChI is InChI=1S/C16H20N2O2/c1-11-6-2-5-9-14(11)17-10-18-15(19)12-7-3-4-8-13(12)16(18)20/h2,5-6,9,12-13,17H,3-4,7-8,10H2,1H3. The summed E-state index contributed by atoms with van der Waals surface area (Å²) < 4.78 is 0. The normalized spacial score (nSPS) is 25.8. The van der Waals surface area contributed by atoms with Crippen molar-refractivity contribution in [2.75, 3.05) is 12.0 Å². The topological polar surface area (TPSA) is 49.4 Å². The summed E-state index contributed by atoms with van der Waals surface area (Å²) in [5.74, 6) is -0.0913. The monoisotopic (exact) mass is 272 g/mol. The van der Waals surface area contributed by atoms with Gasteiger partial charge in [0.25, 0.3) is 0 Å². The molecule has 1 saturated carbocycles. The number of para-hydroxylation sites is 1. The van der Waals surface area contributed by atoms with E-state index in [4.69, 9.17) is 0 Å². The predicted molar refractivity (Wildman–Crippen MR) is 77.0 cm³/mol. The van der Waals surface area contributed by atoms with Gasteiger partial charge in [-0.05, 0) is 31.4 Å². The Hall–Kier alpha value is -1.84. The van der Waals surface area contributed by atoms with Gasteiger partial charge in [0.1, 0.15) is 0 Å². The zero-order valence-corrected chi connectivity index (χ0v) is 11.8. The molecule has 1 saturated heterocycles. The summed E-state index contributed by atoms with van der Waals surface area (Å²) in [5, 5.41) is 3.21. The third-order valence-electron chi connectivity index (χ3n) is 4.51. The van der Waals surface area contributed by atoms with Gasteiger partial charge in [-0.2, -0.15) is 0 Å². The molecule has 1 heterocycles. The third kappa shape index (κ3) is 2.19. The van der Waals surface area contributed by atoms with Crippen LogP contribution >= 0.6 is 0 Å². The van der Waals surface area contributed by atoms with E-state index >= 15 is 0 Å². The molecule has 1 N–H and O–H groups in total. The zero-order valence-electron chi connectivity index (χ0n) is 11.8. The van der Waals surface area contributed by atoms with Gasteiger partial charge < -0.3 is 5.32 Å². The van der Waals surface area contributed by atoms with E-state index in [9.17, 15) is 9.59 Å². The van der Waals surface area contributed by atoms with Crippen LogP contribution in [0, 0.1) is 18.8 Å². The largest absolute Gasteiger partial charge is 0.367 e. The number of nitrogens with zero attached hydrogens (tertiary/aromatic N) is 1. The molecule has 2 unspecified atom stereocenters. The van der Waals surface area contributed by atoms with Crippen LogP contribution in [0.2, 0.25) is 0 Å². The lowest BCUT2D eigenvalue weighted by atomic mass is 9.81. The molecule has 106 valence electrons. The highest BCUT2D eigenvalue weighted by atomic mass is 16.2. The molecule has 1 aromatic rings. The number of hydrogen-bond donors (Lipinski definition) is 1. The summed E-state index contributed by atoms with van der Waals surface area (Å²) in [6, 6.07) is 7.90. The molecule has 4 heteroatoms. The quantitative estimate of drug-likeness (QED) is 0.860. The van der Waals surface area contributed by atoms with Gasteiger partial charge in [-0.1, -0.05) is 31.0 Å². The van der Waals surface area contributed by atoms with E-state index in [-0.39, 0.29) is 30.3 Å².